The number of anilines is 4. The number of nitrogens with two attached hydrogens (primary N) is 1. The van der Waals surface area contributed by atoms with Gasteiger partial charge in [0.1, 0.15) is 17.5 Å². The maximum absolute atomic E-state index is 11.8. The van der Waals surface area contributed by atoms with Gasteiger partial charge in [0.05, 0.1) is 11.7 Å². The van der Waals surface area contributed by atoms with Crippen LogP contribution >= 0.6 is 0 Å². The molecule has 0 unspecified atom stereocenters. The predicted octanol–water partition coefficient (Wildman–Crippen LogP) is 3.17. The molecule has 0 saturated carbocycles. The van der Waals surface area contributed by atoms with Crippen LogP contribution in [0.3, 0.4) is 0 Å². The Morgan fingerprint density at radius 1 is 1.22 bits per heavy atom. The Morgan fingerprint density at radius 2 is 2.09 bits per heavy atom. The molecule has 162 valence electrons. The second kappa shape index (κ2) is 8.07. The van der Waals surface area contributed by atoms with Crippen LogP contribution in [0.2, 0.25) is 0 Å². The highest BCUT2D eigenvalue weighted by Crippen LogP contribution is 2.42. The molecular weight excluding hydrogens is 402 g/mol. The number of nitrogens with zero attached hydrogens (tertiary/aromatic N) is 5. The van der Waals surface area contributed by atoms with Crippen LogP contribution in [0, 0.1) is 6.92 Å². The molecule has 0 radical (unpaired) electrons. The van der Waals surface area contributed by atoms with E-state index in [1.807, 2.05) is 18.2 Å². The van der Waals surface area contributed by atoms with Gasteiger partial charge in [-0.1, -0.05) is 6.92 Å². The lowest BCUT2D eigenvalue weighted by atomic mass is 10.1. The SMILES string of the molecule is CCN1C[C@@H]2C[C@H]1C(=C=O)N2c1ccc(Nc2nccc(-c3ccc(N)nc3)n2)cc1C. The quantitative estimate of drug-likeness (QED) is 0.599. The Bertz CT molecular complexity index is 1200. The number of aryl methyl sites for hydroxylation is 1. The molecule has 4 heterocycles. The third-order valence-electron chi connectivity index (χ3n) is 6.28. The smallest absolute Gasteiger partial charge is 0.227 e. The lowest BCUT2D eigenvalue weighted by Crippen LogP contribution is -2.45. The molecule has 8 heteroatoms. The van der Waals surface area contributed by atoms with Crippen LogP contribution in [0.4, 0.5) is 23.1 Å². The molecule has 8 nitrogen and oxygen atoms in total. The molecule has 2 atom stereocenters. The van der Waals surface area contributed by atoms with Crippen molar-refractivity contribution >= 4 is 29.1 Å². The van der Waals surface area contributed by atoms with Gasteiger partial charge in [0.2, 0.25) is 5.95 Å². The Hall–Kier alpha value is -3.74. The largest absolute Gasteiger partial charge is 0.384 e. The van der Waals surface area contributed by atoms with Gasteiger partial charge in [-0.25, -0.2) is 19.7 Å². The number of pyridine rings is 1. The van der Waals surface area contributed by atoms with Gasteiger partial charge in [0.25, 0.3) is 0 Å². The van der Waals surface area contributed by atoms with Crippen LogP contribution in [-0.4, -0.2) is 51.0 Å². The second-order valence-corrected chi connectivity index (χ2v) is 8.21. The Morgan fingerprint density at radius 3 is 2.81 bits per heavy atom. The first kappa shape index (κ1) is 20.2. The minimum atomic E-state index is 0.179. The second-order valence-electron chi connectivity index (χ2n) is 8.21. The normalized spacial score (nSPS) is 19.9. The molecule has 5 rings (SSSR count). The molecule has 2 aliphatic rings. The van der Waals surface area contributed by atoms with Gasteiger partial charge in [-0.05, 0) is 61.9 Å². The highest BCUT2D eigenvalue weighted by Gasteiger charge is 2.47. The molecule has 2 fully saturated rings. The fraction of sp³-hybridized carbons (Fsp3) is 0.292. The number of nitrogen functional groups attached to an aromatic ring is 1. The van der Waals surface area contributed by atoms with E-state index < -0.39 is 0 Å². The zero-order chi connectivity index (χ0) is 22.2. The number of hydrogen-bond acceptors (Lipinski definition) is 8. The van der Waals surface area contributed by atoms with E-state index in [2.05, 4.69) is 62.0 Å². The van der Waals surface area contributed by atoms with Crippen molar-refractivity contribution in [2.24, 2.45) is 0 Å². The number of rotatable bonds is 5. The number of nitrogens with one attached hydrogen (secondary N) is 1. The van der Waals surface area contributed by atoms with Crippen LogP contribution < -0.4 is 16.0 Å². The number of hydrogen-bond donors (Lipinski definition) is 2. The molecule has 2 aliphatic heterocycles. The summed E-state index contributed by atoms with van der Waals surface area (Å²) >= 11 is 0. The van der Waals surface area contributed by atoms with Crippen LogP contribution in [0.1, 0.15) is 18.9 Å². The Kier molecular flexibility index (Phi) is 5.09. The van der Waals surface area contributed by atoms with Crippen LogP contribution in [0.25, 0.3) is 11.3 Å². The topological polar surface area (TPSA) is 100 Å². The van der Waals surface area contributed by atoms with E-state index >= 15 is 0 Å². The van der Waals surface area contributed by atoms with Crippen molar-refractivity contribution in [3.8, 4) is 11.3 Å². The summed E-state index contributed by atoms with van der Waals surface area (Å²) in [6, 6.07) is 12.1. The van der Waals surface area contributed by atoms with Gasteiger partial charge in [0.15, 0.2) is 0 Å². The number of likely N-dealkylation sites (tertiary alicyclic amines) is 1. The van der Waals surface area contributed by atoms with E-state index in [0.29, 0.717) is 17.8 Å². The maximum Gasteiger partial charge on any atom is 0.227 e. The minimum Gasteiger partial charge on any atom is -0.384 e. The van der Waals surface area contributed by atoms with Crippen molar-refractivity contribution in [3.05, 3.63) is 60.1 Å². The van der Waals surface area contributed by atoms with Crippen molar-refractivity contribution in [1.82, 2.24) is 19.9 Å². The number of piperazine rings is 1. The monoisotopic (exact) mass is 427 g/mol. The third-order valence-corrected chi connectivity index (χ3v) is 6.28. The predicted molar refractivity (Wildman–Crippen MR) is 125 cm³/mol. The molecule has 32 heavy (non-hydrogen) atoms. The Labute approximate surface area is 186 Å². The molecule has 2 aromatic heterocycles. The van der Waals surface area contributed by atoms with Gasteiger partial charge < -0.3 is 16.0 Å². The number of aromatic nitrogens is 3. The van der Waals surface area contributed by atoms with Crippen molar-refractivity contribution in [1.29, 1.82) is 0 Å². The molecule has 3 N–H and O–H groups in total. The zero-order valence-electron chi connectivity index (χ0n) is 18.1. The highest BCUT2D eigenvalue weighted by atomic mass is 16.1. The summed E-state index contributed by atoms with van der Waals surface area (Å²) in [4.78, 5) is 29.4. The molecule has 0 aliphatic carbocycles. The number of benzene rings is 1. The summed E-state index contributed by atoms with van der Waals surface area (Å²) in [5.41, 5.74) is 11.1. The molecule has 0 amide bonds. The fourth-order valence-corrected chi connectivity index (χ4v) is 4.77. The summed E-state index contributed by atoms with van der Waals surface area (Å²) in [6.07, 6.45) is 4.39. The van der Waals surface area contributed by atoms with E-state index in [1.54, 1.807) is 18.5 Å². The van der Waals surface area contributed by atoms with Crippen molar-refractivity contribution in [2.45, 2.75) is 32.4 Å². The summed E-state index contributed by atoms with van der Waals surface area (Å²) in [5, 5.41) is 3.28. The lowest BCUT2D eigenvalue weighted by molar-refractivity contribution is 0.277. The standard InChI is InChI=1S/C24H25N7O/c1-3-30-13-18-11-21(30)22(14-32)31(18)20-6-5-17(10-15(20)2)28-24-26-9-8-19(29-24)16-4-7-23(25)27-12-16/h4-10,12,18,21H,3,11,13H2,1-2H3,(H2,25,27)(H,26,28,29)/t18-,21-/m0/s1. The van der Waals surface area contributed by atoms with Gasteiger partial charge in [-0.3, -0.25) is 4.90 Å². The summed E-state index contributed by atoms with van der Waals surface area (Å²) in [7, 11) is 0. The number of carbonyl (C=O) groups excluding carboxylic acids is 1. The highest BCUT2D eigenvalue weighted by molar-refractivity contribution is 5.74. The molecule has 0 spiro atoms. The fourth-order valence-electron chi connectivity index (χ4n) is 4.77. The van der Waals surface area contributed by atoms with E-state index in [1.165, 1.54) is 0 Å². The average molecular weight is 428 g/mol. The first-order chi connectivity index (χ1) is 15.6. The molecule has 2 saturated heterocycles. The van der Waals surface area contributed by atoms with E-state index in [0.717, 1.165) is 53.4 Å². The van der Waals surface area contributed by atoms with Gasteiger partial charge >= 0.3 is 0 Å². The van der Waals surface area contributed by atoms with Gasteiger partial charge in [-0.2, -0.15) is 0 Å². The first-order valence-corrected chi connectivity index (χ1v) is 10.8. The zero-order valence-corrected chi connectivity index (χ0v) is 18.1. The van der Waals surface area contributed by atoms with Crippen LogP contribution in [-0.2, 0) is 4.79 Å². The first-order valence-electron chi connectivity index (χ1n) is 10.8. The third kappa shape index (κ3) is 3.49. The summed E-state index contributed by atoms with van der Waals surface area (Å²) in [6.45, 7) is 6.13. The Balaban J connectivity index is 1.37. The average Bonchev–Trinajstić information content (AvgIpc) is 3.38. The number of likely N-dealkylation sites (N-methyl/N-ethyl adjacent to an activating group) is 1. The summed E-state index contributed by atoms with van der Waals surface area (Å²) in [5.74, 6) is 3.19. The lowest BCUT2D eigenvalue weighted by Gasteiger charge is -2.36. The van der Waals surface area contributed by atoms with Crippen molar-refractivity contribution in [2.75, 3.05) is 29.0 Å². The molecular formula is C24H25N7O. The van der Waals surface area contributed by atoms with Crippen LogP contribution in [0.15, 0.2) is 54.5 Å². The van der Waals surface area contributed by atoms with Crippen molar-refractivity contribution < 1.29 is 4.79 Å². The number of fused-ring (bicyclic) bond motifs is 2. The van der Waals surface area contributed by atoms with Crippen molar-refractivity contribution in [3.63, 3.8) is 0 Å². The molecule has 3 aromatic rings. The van der Waals surface area contributed by atoms with E-state index in [4.69, 9.17) is 5.73 Å². The van der Waals surface area contributed by atoms with Gasteiger partial charge in [-0.15, -0.1) is 0 Å². The summed E-state index contributed by atoms with van der Waals surface area (Å²) < 4.78 is 0. The van der Waals surface area contributed by atoms with E-state index in [-0.39, 0.29) is 6.04 Å². The molecule has 2 bridgehead atoms. The van der Waals surface area contributed by atoms with Crippen LogP contribution in [0.5, 0.6) is 0 Å². The maximum atomic E-state index is 11.8. The van der Waals surface area contributed by atoms with E-state index in [9.17, 15) is 4.79 Å². The van der Waals surface area contributed by atoms with Gasteiger partial charge in [0, 0.05) is 41.9 Å². The molecule has 1 aromatic carbocycles. The minimum absolute atomic E-state index is 0.179.